The van der Waals surface area contributed by atoms with Crippen LogP contribution in [-0.2, 0) is 0 Å². The lowest BCUT2D eigenvalue weighted by molar-refractivity contribution is -0.152. The van der Waals surface area contributed by atoms with Crippen LogP contribution in [0, 0.1) is 0 Å². The fourth-order valence-corrected chi connectivity index (χ4v) is 6.06. The van der Waals surface area contributed by atoms with E-state index in [2.05, 4.69) is 10.3 Å². The molecule has 1 aliphatic heterocycles. The van der Waals surface area contributed by atoms with Crippen LogP contribution >= 0.6 is 0 Å². The van der Waals surface area contributed by atoms with E-state index in [-0.39, 0.29) is 12.0 Å². The van der Waals surface area contributed by atoms with Gasteiger partial charge in [-0.3, -0.25) is 14.9 Å². The van der Waals surface area contributed by atoms with Gasteiger partial charge in [-0.25, -0.2) is 0 Å². The molecule has 0 bridgehead atoms. The molecule has 2 aliphatic rings. The van der Waals surface area contributed by atoms with Crippen molar-refractivity contribution >= 4 is 55.4 Å². The van der Waals surface area contributed by atoms with Gasteiger partial charge in [0.15, 0.2) is 0 Å². The SMILES string of the molecule is O=C1NC(=O)c2c1c1c3ccccc3[nH]c1c1c2c2ccccc2n1C1C[C@@H](O)[C@@H](O)[C@H](O)[C@@H]1O. The number of fused-ring (bicyclic) bond motifs is 10. The van der Waals surface area contributed by atoms with Crippen molar-refractivity contribution in [3.8, 4) is 0 Å². The average Bonchev–Trinajstić information content (AvgIpc) is 3.49. The highest BCUT2D eigenvalue weighted by Gasteiger charge is 2.44. The lowest BCUT2D eigenvalue weighted by atomic mass is 9.85. The van der Waals surface area contributed by atoms with E-state index in [1.165, 1.54) is 0 Å². The van der Waals surface area contributed by atoms with Crippen LogP contribution in [0.5, 0.6) is 0 Å². The zero-order chi connectivity index (χ0) is 24.2. The molecule has 3 heterocycles. The average molecular weight is 471 g/mol. The van der Waals surface area contributed by atoms with E-state index in [1.807, 2.05) is 53.1 Å². The highest BCUT2D eigenvalue weighted by molar-refractivity contribution is 6.39. The Morgan fingerprint density at radius 2 is 1.43 bits per heavy atom. The number of H-pyrrole nitrogens is 1. The van der Waals surface area contributed by atoms with Gasteiger partial charge in [-0.05, 0) is 18.6 Å². The van der Waals surface area contributed by atoms with Gasteiger partial charge < -0.3 is 30.0 Å². The van der Waals surface area contributed by atoms with Crippen LogP contribution in [0.4, 0.5) is 0 Å². The van der Waals surface area contributed by atoms with Crippen molar-refractivity contribution in [2.24, 2.45) is 0 Å². The number of aromatic nitrogens is 2. The lowest BCUT2D eigenvalue weighted by Crippen LogP contribution is -2.53. The van der Waals surface area contributed by atoms with Gasteiger partial charge in [0.1, 0.15) is 18.3 Å². The number of amides is 2. The maximum absolute atomic E-state index is 13.1. The van der Waals surface area contributed by atoms with E-state index in [4.69, 9.17) is 0 Å². The van der Waals surface area contributed by atoms with Gasteiger partial charge in [0.2, 0.25) is 0 Å². The Bertz CT molecular complexity index is 1730. The third-order valence-electron chi connectivity index (χ3n) is 7.59. The van der Waals surface area contributed by atoms with Crippen molar-refractivity contribution in [1.29, 1.82) is 0 Å². The van der Waals surface area contributed by atoms with Crippen LogP contribution < -0.4 is 5.32 Å². The predicted molar refractivity (Wildman–Crippen MR) is 128 cm³/mol. The molecule has 2 amide bonds. The normalized spacial score (nSPS) is 26.8. The molecule has 176 valence electrons. The topological polar surface area (TPSA) is 148 Å². The number of nitrogens with zero attached hydrogens (tertiary/aromatic N) is 1. The minimum Gasteiger partial charge on any atom is -0.390 e. The third kappa shape index (κ3) is 2.50. The maximum atomic E-state index is 13.1. The predicted octanol–water partition coefficient (Wildman–Crippen LogP) is 1.70. The second kappa shape index (κ2) is 6.89. The van der Waals surface area contributed by atoms with Crippen molar-refractivity contribution in [3.05, 3.63) is 59.7 Å². The molecule has 5 aromatic rings. The Kier molecular flexibility index (Phi) is 4.06. The van der Waals surface area contributed by atoms with Crippen LogP contribution in [-0.4, -0.2) is 66.2 Å². The summed E-state index contributed by atoms with van der Waals surface area (Å²) in [6.07, 6.45) is -5.69. The first-order valence-corrected chi connectivity index (χ1v) is 11.5. The lowest BCUT2D eigenvalue weighted by Gasteiger charge is -2.39. The van der Waals surface area contributed by atoms with Crippen molar-refractivity contribution in [2.45, 2.75) is 36.9 Å². The maximum Gasteiger partial charge on any atom is 0.259 e. The first-order chi connectivity index (χ1) is 16.9. The summed E-state index contributed by atoms with van der Waals surface area (Å²) < 4.78 is 1.82. The number of carbonyl (C=O) groups is 2. The molecule has 1 fully saturated rings. The van der Waals surface area contributed by atoms with Crippen LogP contribution in [0.3, 0.4) is 0 Å². The number of aromatic amines is 1. The fraction of sp³-hybridized carbons (Fsp3) is 0.231. The first-order valence-electron chi connectivity index (χ1n) is 11.5. The highest BCUT2D eigenvalue weighted by Crippen LogP contribution is 2.46. The molecule has 2 aromatic heterocycles. The Balaban J connectivity index is 1.72. The molecule has 1 saturated carbocycles. The summed E-state index contributed by atoms with van der Waals surface area (Å²) in [5, 5.41) is 47.2. The highest BCUT2D eigenvalue weighted by atomic mass is 16.4. The first kappa shape index (κ1) is 20.6. The smallest absolute Gasteiger partial charge is 0.259 e. The molecule has 1 unspecified atom stereocenters. The molecule has 7 rings (SSSR count). The van der Waals surface area contributed by atoms with Gasteiger partial charge in [-0.15, -0.1) is 0 Å². The molecule has 0 saturated heterocycles. The number of benzene rings is 3. The largest absolute Gasteiger partial charge is 0.390 e. The van der Waals surface area contributed by atoms with Crippen molar-refractivity contribution in [3.63, 3.8) is 0 Å². The van der Waals surface area contributed by atoms with Gasteiger partial charge in [0, 0.05) is 32.6 Å². The van der Waals surface area contributed by atoms with E-state index >= 15 is 0 Å². The number of carbonyl (C=O) groups excluding carboxylic acids is 2. The fourth-order valence-electron chi connectivity index (χ4n) is 6.06. The van der Waals surface area contributed by atoms with Crippen molar-refractivity contribution in [1.82, 2.24) is 14.9 Å². The number of imide groups is 1. The summed E-state index contributed by atoms with van der Waals surface area (Å²) in [7, 11) is 0. The Morgan fingerprint density at radius 1 is 0.771 bits per heavy atom. The van der Waals surface area contributed by atoms with Crippen LogP contribution in [0.25, 0.3) is 43.6 Å². The van der Waals surface area contributed by atoms with Crippen molar-refractivity contribution < 1.29 is 30.0 Å². The van der Waals surface area contributed by atoms with Crippen molar-refractivity contribution in [2.75, 3.05) is 0 Å². The molecule has 3 aromatic carbocycles. The van der Waals surface area contributed by atoms with E-state index in [0.717, 1.165) is 10.9 Å². The molecular formula is C26H21N3O6. The van der Waals surface area contributed by atoms with Crippen LogP contribution in [0.15, 0.2) is 48.5 Å². The Morgan fingerprint density at radius 3 is 2.20 bits per heavy atom. The van der Waals surface area contributed by atoms with E-state index in [1.54, 1.807) is 0 Å². The number of hydrogen-bond acceptors (Lipinski definition) is 6. The summed E-state index contributed by atoms with van der Waals surface area (Å²) in [5.41, 5.74) is 3.22. The molecule has 1 aliphatic carbocycles. The quantitative estimate of drug-likeness (QED) is 0.205. The standard InChI is InChI=1S/C26H21N3O6/c30-15-9-14(22(31)24(33)23(15)32)29-13-8-4-2-6-11(13)17-19-18(25(34)28-26(19)35)16-10-5-1-3-7-12(10)27-20(16)21(17)29/h1-8,14-15,22-24,27,30-33H,9H2,(H,28,34,35)/t14?,15-,22-,23-,24-/m1/s1. The number of rotatable bonds is 1. The Labute approximate surface area is 197 Å². The minimum absolute atomic E-state index is 0.0168. The summed E-state index contributed by atoms with van der Waals surface area (Å²) >= 11 is 0. The number of hydrogen-bond donors (Lipinski definition) is 6. The second-order valence-corrected chi connectivity index (χ2v) is 9.41. The van der Waals surface area contributed by atoms with Crippen LogP contribution in [0.1, 0.15) is 33.2 Å². The number of para-hydroxylation sites is 2. The molecule has 5 atom stereocenters. The molecular weight excluding hydrogens is 450 g/mol. The van der Waals surface area contributed by atoms with E-state index in [0.29, 0.717) is 38.3 Å². The summed E-state index contributed by atoms with van der Waals surface area (Å²) in [6, 6.07) is 14.0. The summed E-state index contributed by atoms with van der Waals surface area (Å²) in [6.45, 7) is 0. The number of aliphatic hydroxyl groups is 4. The molecule has 35 heavy (non-hydrogen) atoms. The number of nitrogens with one attached hydrogen (secondary N) is 2. The van der Waals surface area contributed by atoms with Gasteiger partial charge in [0.25, 0.3) is 11.8 Å². The molecule has 9 nitrogen and oxygen atoms in total. The zero-order valence-corrected chi connectivity index (χ0v) is 18.3. The molecule has 0 radical (unpaired) electrons. The van der Waals surface area contributed by atoms with Gasteiger partial charge in [0.05, 0.1) is 34.3 Å². The monoisotopic (exact) mass is 471 g/mol. The molecule has 0 spiro atoms. The van der Waals surface area contributed by atoms with Gasteiger partial charge >= 0.3 is 0 Å². The van der Waals surface area contributed by atoms with Gasteiger partial charge in [-0.1, -0.05) is 36.4 Å². The Hall–Kier alpha value is -3.76. The summed E-state index contributed by atoms with van der Waals surface area (Å²) in [4.78, 5) is 29.5. The molecule has 9 heteroatoms. The van der Waals surface area contributed by atoms with Crippen LogP contribution in [0.2, 0.25) is 0 Å². The summed E-state index contributed by atoms with van der Waals surface area (Å²) in [5.74, 6) is -0.963. The second-order valence-electron chi connectivity index (χ2n) is 9.41. The van der Waals surface area contributed by atoms with E-state index < -0.39 is 42.3 Å². The molecule has 6 N–H and O–H groups in total. The van der Waals surface area contributed by atoms with E-state index in [9.17, 15) is 30.0 Å². The van der Waals surface area contributed by atoms with Gasteiger partial charge in [-0.2, -0.15) is 0 Å². The number of aliphatic hydroxyl groups excluding tert-OH is 4. The zero-order valence-electron chi connectivity index (χ0n) is 18.3. The minimum atomic E-state index is -1.56. The third-order valence-corrected chi connectivity index (χ3v) is 7.59.